The molecule has 1 fully saturated rings. The van der Waals surface area contributed by atoms with Gasteiger partial charge in [-0.15, -0.1) is 0 Å². The monoisotopic (exact) mass is 268 g/mol. The zero-order valence-corrected chi connectivity index (χ0v) is 11.0. The van der Waals surface area contributed by atoms with E-state index in [1.807, 2.05) is 0 Å². The molecule has 2 N–H and O–H groups in total. The summed E-state index contributed by atoms with van der Waals surface area (Å²) in [5.74, 6) is -0.0791. The van der Waals surface area contributed by atoms with E-state index in [-0.39, 0.29) is 16.8 Å². The number of carbonyl (C=O) groups is 1. The Kier molecular flexibility index (Phi) is 3.56. The highest BCUT2D eigenvalue weighted by Crippen LogP contribution is 2.22. The molecule has 0 spiro atoms. The van der Waals surface area contributed by atoms with Gasteiger partial charge >= 0.3 is 0 Å². The molecule has 0 bridgehead atoms. The largest absolute Gasteiger partial charge is 0.373 e. The van der Waals surface area contributed by atoms with Crippen LogP contribution >= 0.6 is 0 Å². The van der Waals surface area contributed by atoms with Crippen molar-refractivity contribution in [2.24, 2.45) is 0 Å². The Balaban J connectivity index is 2.26. The Hall–Kier alpha value is -1.56. The molecule has 1 unspecified atom stereocenters. The zero-order chi connectivity index (χ0) is 13.2. The van der Waals surface area contributed by atoms with Gasteiger partial charge in [0.25, 0.3) is 0 Å². The number of amides is 1. The van der Waals surface area contributed by atoms with E-state index in [0.717, 1.165) is 12.7 Å². The van der Waals surface area contributed by atoms with E-state index in [1.54, 1.807) is 24.3 Å². The lowest BCUT2D eigenvalue weighted by Crippen LogP contribution is -2.44. The van der Waals surface area contributed by atoms with Crippen molar-refractivity contribution >= 4 is 21.4 Å². The Labute approximate surface area is 107 Å². The van der Waals surface area contributed by atoms with Crippen LogP contribution in [0.2, 0.25) is 0 Å². The average Bonchev–Trinajstić information content (AvgIpc) is 2.31. The number of nitrogens with one attached hydrogen (secondary N) is 2. The molecule has 1 aliphatic rings. The summed E-state index contributed by atoms with van der Waals surface area (Å²) in [6.07, 6.45) is 2.77. The van der Waals surface area contributed by atoms with E-state index in [0.29, 0.717) is 18.7 Å². The summed E-state index contributed by atoms with van der Waals surface area (Å²) in [5.41, 5.74) is 0.488. The molecule has 0 radical (unpaired) electrons. The fourth-order valence-electron chi connectivity index (χ4n) is 2.01. The summed E-state index contributed by atoms with van der Waals surface area (Å²) in [7, 11) is -3.30. The summed E-state index contributed by atoms with van der Waals surface area (Å²) in [4.78, 5) is 11.9. The first-order valence-corrected chi connectivity index (χ1v) is 7.71. The molecular weight excluding hydrogens is 252 g/mol. The molecule has 6 heteroatoms. The maximum Gasteiger partial charge on any atom is 0.242 e. The van der Waals surface area contributed by atoms with Gasteiger partial charge in [0.2, 0.25) is 5.91 Å². The van der Waals surface area contributed by atoms with Gasteiger partial charge in [-0.3, -0.25) is 4.79 Å². The quantitative estimate of drug-likeness (QED) is 0.849. The van der Waals surface area contributed by atoms with Gasteiger partial charge in [-0.1, -0.05) is 12.1 Å². The van der Waals surface area contributed by atoms with Crippen molar-refractivity contribution in [3.8, 4) is 0 Å². The van der Waals surface area contributed by atoms with Crippen LogP contribution in [0.15, 0.2) is 29.2 Å². The SMILES string of the molecule is CS(=O)(=O)c1ccccc1NC1CCCNC1=O. The van der Waals surface area contributed by atoms with Gasteiger partial charge in [-0.05, 0) is 25.0 Å². The van der Waals surface area contributed by atoms with Gasteiger partial charge in [-0.25, -0.2) is 8.42 Å². The Morgan fingerprint density at radius 1 is 1.33 bits per heavy atom. The van der Waals surface area contributed by atoms with Crippen molar-refractivity contribution in [3.05, 3.63) is 24.3 Å². The number of anilines is 1. The summed E-state index contributed by atoms with van der Waals surface area (Å²) >= 11 is 0. The third-order valence-corrected chi connectivity index (χ3v) is 4.06. The molecule has 18 heavy (non-hydrogen) atoms. The van der Waals surface area contributed by atoms with Crippen molar-refractivity contribution in [2.75, 3.05) is 18.1 Å². The predicted octanol–water partition coefficient (Wildman–Crippen LogP) is 0.781. The Bertz CT molecular complexity index is 554. The van der Waals surface area contributed by atoms with E-state index in [2.05, 4.69) is 10.6 Å². The van der Waals surface area contributed by atoms with Gasteiger partial charge in [0.05, 0.1) is 10.6 Å². The molecule has 1 heterocycles. The number of piperidine rings is 1. The lowest BCUT2D eigenvalue weighted by atomic mass is 10.1. The van der Waals surface area contributed by atoms with Gasteiger partial charge in [0.1, 0.15) is 6.04 Å². The van der Waals surface area contributed by atoms with E-state index >= 15 is 0 Å². The van der Waals surface area contributed by atoms with Crippen LogP contribution in [0.1, 0.15) is 12.8 Å². The van der Waals surface area contributed by atoms with E-state index < -0.39 is 9.84 Å². The lowest BCUT2D eigenvalue weighted by molar-refractivity contribution is -0.123. The number of para-hydroxylation sites is 1. The minimum atomic E-state index is -3.30. The Morgan fingerprint density at radius 3 is 2.72 bits per heavy atom. The molecule has 98 valence electrons. The molecule has 1 aliphatic heterocycles. The minimum Gasteiger partial charge on any atom is -0.373 e. The summed E-state index contributed by atoms with van der Waals surface area (Å²) < 4.78 is 23.3. The van der Waals surface area contributed by atoms with Gasteiger partial charge in [-0.2, -0.15) is 0 Å². The minimum absolute atomic E-state index is 0.0791. The second kappa shape index (κ2) is 4.97. The molecule has 1 amide bonds. The molecule has 2 rings (SSSR count). The highest BCUT2D eigenvalue weighted by Gasteiger charge is 2.23. The highest BCUT2D eigenvalue weighted by atomic mass is 32.2. The van der Waals surface area contributed by atoms with E-state index in [4.69, 9.17) is 0 Å². The fraction of sp³-hybridized carbons (Fsp3) is 0.417. The second-order valence-corrected chi connectivity index (χ2v) is 6.38. The van der Waals surface area contributed by atoms with Gasteiger partial charge in [0.15, 0.2) is 9.84 Å². The van der Waals surface area contributed by atoms with Crippen LogP contribution in [-0.2, 0) is 14.6 Å². The van der Waals surface area contributed by atoms with Crippen LogP contribution in [0.4, 0.5) is 5.69 Å². The topological polar surface area (TPSA) is 75.3 Å². The van der Waals surface area contributed by atoms with Crippen LogP contribution in [-0.4, -0.2) is 33.2 Å². The standard InChI is InChI=1S/C12H16N2O3S/c1-18(16,17)11-7-3-2-5-9(11)14-10-6-4-8-13-12(10)15/h2-3,5,7,10,14H,4,6,8H2,1H3,(H,13,15). The molecule has 1 aromatic carbocycles. The lowest BCUT2D eigenvalue weighted by Gasteiger charge is -2.24. The normalized spacial score (nSPS) is 20.3. The summed E-state index contributed by atoms with van der Waals surface area (Å²) in [6, 6.07) is 6.28. The third kappa shape index (κ3) is 2.81. The van der Waals surface area contributed by atoms with Crippen LogP contribution in [0, 0.1) is 0 Å². The van der Waals surface area contributed by atoms with Gasteiger partial charge in [0, 0.05) is 12.8 Å². The smallest absolute Gasteiger partial charge is 0.242 e. The first-order valence-electron chi connectivity index (χ1n) is 5.82. The number of benzene rings is 1. The number of carbonyl (C=O) groups excluding carboxylic acids is 1. The maximum atomic E-state index is 11.6. The first kappa shape index (κ1) is 12.9. The Morgan fingerprint density at radius 2 is 2.06 bits per heavy atom. The third-order valence-electron chi connectivity index (χ3n) is 2.90. The van der Waals surface area contributed by atoms with Crippen molar-refractivity contribution in [2.45, 2.75) is 23.8 Å². The summed E-state index contributed by atoms with van der Waals surface area (Å²) in [5, 5.41) is 5.77. The van der Waals surface area contributed by atoms with Gasteiger partial charge < -0.3 is 10.6 Å². The fourth-order valence-corrected chi connectivity index (χ4v) is 2.86. The average molecular weight is 268 g/mol. The van der Waals surface area contributed by atoms with Crippen molar-refractivity contribution in [1.82, 2.24) is 5.32 Å². The van der Waals surface area contributed by atoms with Crippen molar-refractivity contribution < 1.29 is 13.2 Å². The maximum absolute atomic E-state index is 11.6. The van der Waals surface area contributed by atoms with Crippen LogP contribution < -0.4 is 10.6 Å². The van der Waals surface area contributed by atoms with Crippen LogP contribution in [0.25, 0.3) is 0 Å². The highest BCUT2D eigenvalue weighted by molar-refractivity contribution is 7.90. The zero-order valence-electron chi connectivity index (χ0n) is 10.1. The molecule has 5 nitrogen and oxygen atoms in total. The number of hydrogen-bond acceptors (Lipinski definition) is 4. The molecule has 0 aliphatic carbocycles. The number of rotatable bonds is 3. The molecule has 0 saturated carbocycles. The molecular formula is C12H16N2O3S. The molecule has 0 aromatic heterocycles. The number of sulfone groups is 1. The van der Waals surface area contributed by atoms with Crippen molar-refractivity contribution in [3.63, 3.8) is 0 Å². The molecule has 1 atom stereocenters. The van der Waals surface area contributed by atoms with E-state index in [9.17, 15) is 13.2 Å². The first-order chi connectivity index (χ1) is 8.48. The van der Waals surface area contributed by atoms with E-state index in [1.165, 1.54) is 0 Å². The molecule has 1 saturated heterocycles. The van der Waals surface area contributed by atoms with Crippen molar-refractivity contribution in [1.29, 1.82) is 0 Å². The molecule has 1 aromatic rings. The number of hydrogen-bond donors (Lipinski definition) is 2. The predicted molar refractivity (Wildman–Crippen MR) is 69.2 cm³/mol. The van der Waals surface area contributed by atoms with Crippen LogP contribution in [0.5, 0.6) is 0 Å². The van der Waals surface area contributed by atoms with Crippen LogP contribution in [0.3, 0.4) is 0 Å². The summed E-state index contributed by atoms with van der Waals surface area (Å²) in [6.45, 7) is 0.685. The second-order valence-electron chi connectivity index (χ2n) is 4.40.